The first-order chi connectivity index (χ1) is 13.7. The van der Waals surface area contributed by atoms with E-state index < -0.39 is 27.3 Å². The molecular weight excluding hydrogens is 396 g/mol. The summed E-state index contributed by atoms with van der Waals surface area (Å²) in [6, 6.07) is 9.25. The molecule has 1 spiro atoms. The lowest BCUT2D eigenvalue weighted by Gasteiger charge is -2.33. The molecule has 0 aliphatic carbocycles. The van der Waals surface area contributed by atoms with E-state index in [0.29, 0.717) is 17.8 Å². The molecule has 2 aromatic rings. The van der Waals surface area contributed by atoms with E-state index in [9.17, 15) is 18.4 Å². The number of anilines is 2. The molecule has 3 amide bonds. The van der Waals surface area contributed by atoms with E-state index in [4.69, 9.17) is 0 Å². The van der Waals surface area contributed by atoms with E-state index in [2.05, 4.69) is 5.32 Å². The van der Waals surface area contributed by atoms with Crippen LogP contribution in [0, 0.1) is 11.6 Å². The van der Waals surface area contributed by atoms with Crippen molar-refractivity contribution in [1.29, 1.82) is 0 Å². The highest BCUT2D eigenvalue weighted by Gasteiger charge is 2.63. The van der Waals surface area contributed by atoms with E-state index in [-0.39, 0.29) is 18.1 Å². The number of urea groups is 1. The van der Waals surface area contributed by atoms with Crippen molar-refractivity contribution in [1.82, 2.24) is 4.90 Å². The molecule has 1 atom stereocenters. The summed E-state index contributed by atoms with van der Waals surface area (Å²) in [5.41, 5.74) is 1.36. The van der Waals surface area contributed by atoms with Gasteiger partial charge in [-0.05, 0) is 57.2 Å². The molecule has 29 heavy (non-hydrogen) atoms. The largest absolute Gasteiger partial charge is 0.323 e. The second kappa shape index (κ2) is 6.73. The summed E-state index contributed by atoms with van der Waals surface area (Å²) in [6.07, 6.45) is 0. The van der Waals surface area contributed by atoms with Crippen molar-refractivity contribution in [2.24, 2.45) is 0 Å². The lowest BCUT2D eigenvalue weighted by Crippen LogP contribution is -2.51. The number of thioether (sulfide) groups is 1. The fourth-order valence-electron chi connectivity index (χ4n) is 4.05. The Balaban J connectivity index is 1.81. The first-order valence-electron chi connectivity index (χ1n) is 9.34. The number of carbonyl (C=O) groups excluding carboxylic acids is 2. The third-order valence-electron chi connectivity index (χ3n) is 5.13. The van der Waals surface area contributed by atoms with Crippen LogP contribution in [0.1, 0.15) is 26.3 Å². The Hall–Kier alpha value is -2.61. The molecule has 2 heterocycles. The van der Waals surface area contributed by atoms with Crippen molar-refractivity contribution in [3.63, 3.8) is 0 Å². The van der Waals surface area contributed by atoms with Crippen LogP contribution >= 0.6 is 11.8 Å². The highest BCUT2D eigenvalue weighted by atomic mass is 32.2. The van der Waals surface area contributed by atoms with Crippen LogP contribution < -0.4 is 10.2 Å². The molecule has 5 nitrogen and oxygen atoms in total. The third-order valence-corrected chi connectivity index (χ3v) is 6.72. The molecule has 2 aliphatic rings. The number of fused-ring (bicyclic) bond motifs is 2. The lowest BCUT2D eigenvalue weighted by atomic mass is 10.0. The minimum absolute atomic E-state index is 0.273. The summed E-state index contributed by atoms with van der Waals surface area (Å²) in [4.78, 5) is 28.4. The zero-order valence-corrected chi connectivity index (χ0v) is 17.1. The Morgan fingerprint density at radius 3 is 2.59 bits per heavy atom. The van der Waals surface area contributed by atoms with Crippen LogP contribution in [0.5, 0.6) is 0 Å². The number of hydrogen-bond donors (Lipinski definition) is 1. The molecule has 0 saturated carbocycles. The van der Waals surface area contributed by atoms with E-state index in [1.54, 1.807) is 17.0 Å². The molecule has 1 fully saturated rings. The van der Waals surface area contributed by atoms with Gasteiger partial charge in [0.15, 0.2) is 4.87 Å². The van der Waals surface area contributed by atoms with Crippen LogP contribution in [0.4, 0.5) is 25.0 Å². The van der Waals surface area contributed by atoms with Gasteiger partial charge < -0.3 is 10.2 Å². The second-order valence-electron chi connectivity index (χ2n) is 7.74. The van der Waals surface area contributed by atoms with Crippen LogP contribution in [0.3, 0.4) is 0 Å². The van der Waals surface area contributed by atoms with E-state index in [0.717, 1.165) is 0 Å². The normalized spacial score (nSPS) is 22.3. The van der Waals surface area contributed by atoms with Crippen molar-refractivity contribution in [2.45, 2.75) is 30.4 Å². The van der Waals surface area contributed by atoms with Gasteiger partial charge in [-0.15, -0.1) is 11.8 Å². The Morgan fingerprint density at radius 1 is 1.17 bits per heavy atom. The molecule has 0 aromatic heterocycles. The summed E-state index contributed by atoms with van der Waals surface area (Å²) in [7, 11) is 0. The van der Waals surface area contributed by atoms with Gasteiger partial charge >= 0.3 is 6.03 Å². The van der Waals surface area contributed by atoms with E-state index in [1.807, 2.05) is 20.8 Å². The predicted octanol–water partition coefficient (Wildman–Crippen LogP) is 4.54. The van der Waals surface area contributed by atoms with Gasteiger partial charge in [0.1, 0.15) is 11.6 Å². The topological polar surface area (TPSA) is 52.7 Å². The average molecular weight is 417 g/mol. The third kappa shape index (κ3) is 3.06. The zero-order valence-electron chi connectivity index (χ0n) is 16.3. The fraction of sp³-hybridized carbons (Fsp3) is 0.333. The van der Waals surface area contributed by atoms with Crippen LogP contribution in [-0.4, -0.2) is 34.7 Å². The monoisotopic (exact) mass is 417 g/mol. The number of nitrogens with zero attached hydrogens (tertiary/aromatic N) is 2. The standard InChI is InChI=1S/C21H21F2N3O2S/c1-4-25-17-9-8-14(23)11-16(17)21(18(25)27)26(12-20(2,3)29-21)19(28)24-15-7-5-6-13(22)10-15/h5-11H,4,12H2,1-3H3,(H,24,28)/t21-/m0/s1. The quantitative estimate of drug-likeness (QED) is 0.780. The van der Waals surface area contributed by atoms with Crippen molar-refractivity contribution >= 4 is 35.1 Å². The minimum Gasteiger partial charge on any atom is -0.309 e. The lowest BCUT2D eigenvalue weighted by molar-refractivity contribution is -0.123. The number of likely N-dealkylation sites (N-methyl/N-ethyl adjacent to an activating group) is 1. The van der Waals surface area contributed by atoms with Crippen LogP contribution in [-0.2, 0) is 9.67 Å². The molecule has 0 radical (unpaired) electrons. The first-order valence-corrected chi connectivity index (χ1v) is 10.2. The Kier molecular flexibility index (Phi) is 4.57. The van der Waals surface area contributed by atoms with E-state index >= 15 is 0 Å². The summed E-state index contributed by atoms with van der Waals surface area (Å²) in [5.74, 6) is -1.22. The Morgan fingerprint density at radius 2 is 1.90 bits per heavy atom. The maximum atomic E-state index is 14.2. The first kappa shape index (κ1) is 19.7. The molecule has 2 aromatic carbocycles. The van der Waals surface area contributed by atoms with Gasteiger partial charge in [-0.2, -0.15) is 0 Å². The fourth-order valence-corrected chi connectivity index (χ4v) is 5.77. The summed E-state index contributed by atoms with van der Waals surface area (Å²) in [6.45, 7) is 6.40. The van der Waals surface area contributed by atoms with Gasteiger partial charge in [0.05, 0.1) is 5.69 Å². The molecule has 152 valence electrons. The van der Waals surface area contributed by atoms with Crippen molar-refractivity contribution in [3.05, 3.63) is 59.7 Å². The number of carbonyl (C=O) groups is 2. The van der Waals surface area contributed by atoms with E-state index in [1.165, 1.54) is 47.0 Å². The minimum atomic E-state index is -1.37. The van der Waals surface area contributed by atoms with Gasteiger partial charge in [-0.25, -0.2) is 13.6 Å². The van der Waals surface area contributed by atoms with Crippen LogP contribution in [0.25, 0.3) is 0 Å². The number of benzene rings is 2. The number of nitrogens with one attached hydrogen (secondary N) is 1. The van der Waals surface area contributed by atoms with Gasteiger partial charge in [0.25, 0.3) is 5.91 Å². The zero-order chi connectivity index (χ0) is 21.0. The number of amides is 3. The van der Waals surface area contributed by atoms with Gasteiger partial charge in [0.2, 0.25) is 0 Å². The van der Waals surface area contributed by atoms with Crippen molar-refractivity contribution in [2.75, 3.05) is 23.3 Å². The molecule has 4 rings (SSSR count). The molecule has 0 bridgehead atoms. The van der Waals surface area contributed by atoms with Gasteiger partial charge in [-0.1, -0.05) is 6.07 Å². The smallest absolute Gasteiger partial charge is 0.309 e. The van der Waals surface area contributed by atoms with Gasteiger partial charge in [0, 0.05) is 29.1 Å². The number of rotatable bonds is 2. The van der Waals surface area contributed by atoms with Crippen LogP contribution in [0.15, 0.2) is 42.5 Å². The highest BCUT2D eigenvalue weighted by molar-refractivity contribution is 8.02. The summed E-state index contributed by atoms with van der Waals surface area (Å²) < 4.78 is 27.3. The van der Waals surface area contributed by atoms with Gasteiger partial charge in [-0.3, -0.25) is 9.69 Å². The second-order valence-corrected chi connectivity index (χ2v) is 9.64. The van der Waals surface area contributed by atoms with Crippen molar-refractivity contribution < 1.29 is 18.4 Å². The molecule has 1 N–H and O–H groups in total. The SMILES string of the molecule is CCN1C(=O)[C@@]2(SC(C)(C)CN2C(=O)Nc2cccc(F)c2)c2cc(F)ccc21. The molecule has 2 aliphatic heterocycles. The highest BCUT2D eigenvalue weighted by Crippen LogP contribution is 2.59. The molecular formula is C21H21F2N3O2S. The van der Waals surface area contributed by atoms with Crippen LogP contribution in [0.2, 0.25) is 0 Å². The van der Waals surface area contributed by atoms with Crippen molar-refractivity contribution in [3.8, 4) is 0 Å². The maximum absolute atomic E-state index is 14.2. The Labute approximate surface area is 172 Å². The molecule has 0 unspecified atom stereocenters. The summed E-state index contributed by atoms with van der Waals surface area (Å²) >= 11 is 1.34. The number of hydrogen-bond acceptors (Lipinski definition) is 3. The number of halogens is 2. The maximum Gasteiger partial charge on any atom is 0.323 e. The average Bonchev–Trinajstić information content (AvgIpc) is 3.07. The molecule has 8 heteroatoms. The Bertz CT molecular complexity index is 1010. The predicted molar refractivity (Wildman–Crippen MR) is 110 cm³/mol. The molecule has 1 saturated heterocycles. The summed E-state index contributed by atoms with van der Waals surface area (Å²) in [5, 5.41) is 2.68.